The van der Waals surface area contributed by atoms with Crippen molar-refractivity contribution in [2.24, 2.45) is 5.73 Å². The van der Waals surface area contributed by atoms with Gasteiger partial charge in [-0.2, -0.15) is 0 Å². The fraction of sp³-hybridized carbons (Fsp3) is 0.300. The molecule has 0 aromatic carbocycles. The van der Waals surface area contributed by atoms with Crippen LogP contribution in [0.25, 0.3) is 0 Å². The van der Waals surface area contributed by atoms with Crippen LogP contribution in [0.1, 0.15) is 12.0 Å². The second-order valence-electron chi connectivity index (χ2n) is 3.84. The van der Waals surface area contributed by atoms with Gasteiger partial charge in [-0.1, -0.05) is 12.2 Å². The highest BCUT2D eigenvalue weighted by atomic mass is 32.1. The number of carbonyl (C=O) groups excluding carboxylic acids is 2. The largest absolute Gasteiger partial charge is 0.389 e. The number of rotatable bonds is 3. The smallest absolute Gasteiger partial charge is 0.251 e. The second kappa shape index (κ2) is 4.65. The van der Waals surface area contributed by atoms with Crippen LogP contribution in [0.5, 0.6) is 0 Å². The fourth-order valence-corrected chi connectivity index (χ4v) is 1.81. The minimum Gasteiger partial charge on any atom is -0.389 e. The van der Waals surface area contributed by atoms with Crippen LogP contribution < -0.4 is 11.1 Å². The van der Waals surface area contributed by atoms with E-state index in [4.69, 9.17) is 18.0 Å². The molecule has 0 aliphatic carbocycles. The van der Waals surface area contributed by atoms with Gasteiger partial charge in [0.15, 0.2) is 0 Å². The van der Waals surface area contributed by atoms with Crippen molar-refractivity contribution in [1.29, 1.82) is 0 Å². The summed E-state index contributed by atoms with van der Waals surface area (Å²) in [4.78, 5) is 32.1. The summed E-state index contributed by atoms with van der Waals surface area (Å²) in [5.74, 6) is -0.171. The number of anilines is 1. The number of aromatic nitrogens is 2. The number of hydrogen-bond donors (Lipinski definition) is 2. The predicted octanol–water partition coefficient (Wildman–Crippen LogP) is -0.720. The van der Waals surface area contributed by atoms with E-state index in [0.29, 0.717) is 11.4 Å². The molecule has 1 aliphatic heterocycles. The third-order valence-corrected chi connectivity index (χ3v) is 2.89. The summed E-state index contributed by atoms with van der Waals surface area (Å²) in [7, 11) is 1.45. The van der Waals surface area contributed by atoms with E-state index in [1.54, 1.807) is 0 Å². The normalized spacial score (nSPS) is 19.2. The number of nitrogens with two attached hydrogens (primary N) is 1. The van der Waals surface area contributed by atoms with Crippen LogP contribution in [-0.2, 0) is 9.59 Å². The molecule has 3 N–H and O–H groups in total. The molecular weight excluding hydrogens is 254 g/mol. The number of likely N-dealkylation sites (N-methyl/N-ethyl adjacent to an activating group) is 1. The van der Waals surface area contributed by atoms with Crippen molar-refractivity contribution < 1.29 is 9.59 Å². The average molecular weight is 265 g/mol. The number of nitrogens with one attached hydrogen (secondary N) is 1. The molecule has 2 rings (SSSR count). The zero-order valence-electron chi connectivity index (χ0n) is 9.58. The Labute approximate surface area is 108 Å². The van der Waals surface area contributed by atoms with Crippen LogP contribution in [0.2, 0.25) is 0 Å². The van der Waals surface area contributed by atoms with Gasteiger partial charge in [0.1, 0.15) is 23.2 Å². The fourth-order valence-electron chi connectivity index (χ4n) is 1.66. The SMILES string of the molecule is CN1C(=O)CC(Nc2ncncc2C(N)=S)C1=O. The summed E-state index contributed by atoms with van der Waals surface area (Å²) >= 11 is 4.86. The number of amides is 2. The molecule has 7 nitrogen and oxygen atoms in total. The minimum atomic E-state index is -0.634. The molecule has 1 fully saturated rings. The third kappa shape index (κ3) is 2.14. The van der Waals surface area contributed by atoms with Crippen LogP contribution in [0, 0.1) is 0 Å². The predicted molar refractivity (Wildman–Crippen MR) is 67.7 cm³/mol. The van der Waals surface area contributed by atoms with Crippen molar-refractivity contribution in [3.8, 4) is 0 Å². The third-order valence-electron chi connectivity index (χ3n) is 2.67. The number of likely N-dealkylation sites (tertiary alicyclic amines) is 1. The van der Waals surface area contributed by atoms with Gasteiger partial charge in [-0.05, 0) is 0 Å². The summed E-state index contributed by atoms with van der Waals surface area (Å²) < 4.78 is 0. The summed E-state index contributed by atoms with van der Waals surface area (Å²) in [6.45, 7) is 0. The van der Waals surface area contributed by atoms with Gasteiger partial charge in [0.2, 0.25) is 5.91 Å². The zero-order chi connectivity index (χ0) is 13.3. The maximum absolute atomic E-state index is 11.7. The van der Waals surface area contributed by atoms with E-state index in [-0.39, 0.29) is 23.2 Å². The van der Waals surface area contributed by atoms with Gasteiger partial charge in [0, 0.05) is 13.2 Å². The molecule has 94 valence electrons. The van der Waals surface area contributed by atoms with E-state index in [9.17, 15) is 9.59 Å². The van der Waals surface area contributed by atoms with Crippen molar-refractivity contribution in [1.82, 2.24) is 14.9 Å². The minimum absolute atomic E-state index is 0.0934. The summed E-state index contributed by atoms with van der Waals surface area (Å²) in [5.41, 5.74) is 5.97. The topological polar surface area (TPSA) is 101 Å². The van der Waals surface area contributed by atoms with Crippen LogP contribution in [0.4, 0.5) is 5.82 Å². The Morgan fingerprint density at radius 2 is 2.33 bits per heavy atom. The first-order valence-electron chi connectivity index (χ1n) is 5.17. The molecular formula is C10H11N5O2S. The van der Waals surface area contributed by atoms with Crippen LogP contribution in [0.15, 0.2) is 12.5 Å². The van der Waals surface area contributed by atoms with Crippen molar-refractivity contribution in [3.63, 3.8) is 0 Å². The highest BCUT2D eigenvalue weighted by Crippen LogP contribution is 2.17. The first-order chi connectivity index (χ1) is 8.50. The lowest BCUT2D eigenvalue weighted by atomic mass is 10.2. The molecule has 0 radical (unpaired) electrons. The molecule has 1 aromatic rings. The van der Waals surface area contributed by atoms with Gasteiger partial charge >= 0.3 is 0 Å². The lowest BCUT2D eigenvalue weighted by Gasteiger charge is -2.13. The standard InChI is InChI=1S/C10H11N5O2S/c1-15-7(16)2-6(10(15)17)14-9-5(8(11)18)3-12-4-13-9/h3-4,6H,2H2,1H3,(H2,11,18)(H,12,13,14). The first kappa shape index (κ1) is 12.4. The molecule has 8 heteroatoms. The quantitative estimate of drug-likeness (QED) is 0.549. The molecule has 0 spiro atoms. The Bertz CT molecular complexity index is 533. The molecule has 1 atom stereocenters. The molecule has 0 saturated carbocycles. The monoisotopic (exact) mass is 265 g/mol. The van der Waals surface area contributed by atoms with Crippen LogP contribution in [0.3, 0.4) is 0 Å². The Morgan fingerprint density at radius 1 is 1.61 bits per heavy atom. The second-order valence-corrected chi connectivity index (χ2v) is 4.28. The van der Waals surface area contributed by atoms with Gasteiger partial charge in [-0.25, -0.2) is 9.97 Å². The van der Waals surface area contributed by atoms with E-state index in [1.807, 2.05) is 0 Å². The van der Waals surface area contributed by atoms with Gasteiger partial charge < -0.3 is 11.1 Å². The van der Waals surface area contributed by atoms with E-state index in [0.717, 1.165) is 4.90 Å². The van der Waals surface area contributed by atoms with Crippen molar-refractivity contribution in [2.45, 2.75) is 12.5 Å². The Morgan fingerprint density at radius 3 is 2.89 bits per heavy atom. The summed E-state index contributed by atoms with van der Waals surface area (Å²) in [5, 5.41) is 2.87. The maximum atomic E-state index is 11.7. The molecule has 1 unspecified atom stereocenters. The van der Waals surface area contributed by atoms with E-state index in [1.165, 1.54) is 19.6 Å². The van der Waals surface area contributed by atoms with E-state index >= 15 is 0 Å². The van der Waals surface area contributed by atoms with Crippen molar-refractivity contribution >= 4 is 34.8 Å². The maximum Gasteiger partial charge on any atom is 0.251 e. The average Bonchev–Trinajstić information content (AvgIpc) is 2.57. The molecule has 2 amide bonds. The Kier molecular flexibility index (Phi) is 3.19. The number of imide groups is 1. The summed E-state index contributed by atoms with van der Waals surface area (Å²) in [6, 6.07) is -0.634. The van der Waals surface area contributed by atoms with Crippen molar-refractivity contribution in [2.75, 3.05) is 12.4 Å². The zero-order valence-corrected chi connectivity index (χ0v) is 10.4. The molecule has 18 heavy (non-hydrogen) atoms. The number of nitrogens with zero attached hydrogens (tertiary/aromatic N) is 3. The highest BCUT2D eigenvalue weighted by Gasteiger charge is 2.36. The molecule has 1 saturated heterocycles. The number of hydrogen-bond acceptors (Lipinski definition) is 6. The Hall–Kier alpha value is -2.09. The van der Waals surface area contributed by atoms with Crippen LogP contribution >= 0.6 is 12.2 Å². The van der Waals surface area contributed by atoms with Gasteiger partial charge in [0.25, 0.3) is 5.91 Å². The Balaban J connectivity index is 2.23. The summed E-state index contributed by atoms with van der Waals surface area (Å²) in [6.07, 6.45) is 2.87. The first-order valence-corrected chi connectivity index (χ1v) is 5.58. The lowest BCUT2D eigenvalue weighted by molar-refractivity contribution is -0.136. The van der Waals surface area contributed by atoms with Crippen molar-refractivity contribution in [3.05, 3.63) is 18.1 Å². The van der Waals surface area contributed by atoms with Gasteiger partial charge in [-0.3, -0.25) is 14.5 Å². The molecule has 1 aromatic heterocycles. The van der Waals surface area contributed by atoms with E-state index in [2.05, 4.69) is 15.3 Å². The number of carbonyl (C=O) groups is 2. The van der Waals surface area contributed by atoms with Gasteiger partial charge in [-0.15, -0.1) is 0 Å². The molecule has 1 aliphatic rings. The highest BCUT2D eigenvalue weighted by molar-refractivity contribution is 7.80. The van der Waals surface area contributed by atoms with Crippen LogP contribution in [-0.4, -0.2) is 44.8 Å². The van der Waals surface area contributed by atoms with E-state index < -0.39 is 6.04 Å². The van der Waals surface area contributed by atoms with Gasteiger partial charge in [0.05, 0.1) is 12.0 Å². The molecule has 2 heterocycles. The molecule has 0 bridgehead atoms. The number of thiocarbonyl (C=S) groups is 1. The lowest BCUT2D eigenvalue weighted by Crippen LogP contribution is -2.32.